The van der Waals surface area contributed by atoms with E-state index in [4.69, 9.17) is 0 Å². The van der Waals surface area contributed by atoms with Crippen molar-refractivity contribution >= 4 is 10.0 Å². The van der Waals surface area contributed by atoms with Crippen molar-refractivity contribution in [2.45, 2.75) is 4.90 Å². The van der Waals surface area contributed by atoms with E-state index in [1.165, 1.54) is 54.7 Å². The fourth-order valence-electron chi connectivity index (χ4n) is 2.21. The molecule has 0 fully saturated rings. The van der Waals surface area contributed by atoms with Crippen LogP contribution in [0.2, 0.25) is 0 Å². The summed E-state index contributed by atoms with van der Waals surface area (Å²) in [5, 5.41) is 0. The van der Waals surface area contributed by atoms with E-state index in [0.29, 0.717) is 0 Å². The summed E-state index contributed by atoms with van der Waals surface area (Å²) >= 11 is 0. The minimum absolute atomic E-state index is 0.132. The summed E-state index contributed by atoms with van der Waals surface area (Å²) < 4.78 is 53.9. The summed E-state index contributed by atoms with van der Waals surface area (Å²) in [7, 11) is -4.15. The highest BCUT2D eigenvalue weighted by molar-refractivity contribution is 7.90. The van der Waals surface area contributed by atoms with Crippen LogP contribution in [0.4, 0.5) is 8.78 Å². The maximum absolute atomic E-state index is 13.9. The standard InChI is InChI=1S/C16H11F2NO2S/c17-13-7-2-1-6-12(13)15-9-5-11-19(15)22(20,21)16-10-4-3-8-14(16)18/h1-11H. The molecule has 1 heterocycles. The van der Waals surface area contributed by atoms with Crippen molar-refractivity contribution < 1.29 is 17.2 Å². The van der Waals surface area contributed by atoms with Gasteiger partial charge in [-0.1, -0.05) is 24.3 Å². The molecule has 0 aliphatic heterocycles. The third-order valence-corrected chi connectivity index (χ3v) is 4.96. The van der Waals surface area contributed by atoms with E-state index in [1.54, 1.807) is 6.07 Å². The molecule has 1 aromatic heterocycles. The second-order valence-electron chi connectivity index (χ2n) is 4.60. The Hall–Kier alpha value is -2.47. The Kier molecular flexibility index (Phi) is 3.54. The lowest BCUT2D eigenvalue weighted by atomic mass is 10.1. The van der Waals surface area contributed by atoms with Gasteiger partial charge in [0.15, 0.2) is 0 Å². The van der Waals surface area contributed by atoms with Gasteiger partial charge < -0.3 is 0 Å². The number of hydrogen-bond donors (Lipinski definition) is 0. The first-order valence-corrected chi connectivity index (χ1v) is 7.88. The maximum atomic E-state index is 13.9. The molecule has 3 rings (SSSR count). The highest BCUT2D eigenvalue weighted by Gasteiger charge is 2.24. The average molecular weight is 319 g/mol. The van der Waals surface area contributed by atoms with Crippen LogP contribution in [0.15, 0.2) is 71.8 Å². The molecule has 0 saturated carbocycles. The van der Waals surface area contributed by atoms with Gasteiger partial charge in [-0.25, -0.2) is 21.2 Å². The summed E-state index contributed by atoms with van der Waals surface area (Å²) in [6.07, 6.45) is 1.27. The summed E-state index contributed by atoms with van der Waals surface area (Å²) in [6.45, 7) is 0. The molecular weight excluding hydrogens is 308 g/mol. The van der Waals surface area contributed by atoms with Gasteiger partial charge in [-0.15, -0.1) is 0 Å². The molecule has 0 aliphatic carbocycles. The molecule has 6 heteroatoms. The molecule has 0 saturated heterocycles. The minimum Gasteiger partial charge on any atom is -0.241 e. The number of aromatic nitrogens is 1. The van der Waals surface area contributed by atoms with Gasteiger partial charge in [0.2, 0.25) is 0 Å². The molecule has 0 aliphatic rings. The van der Waals surface area contributed by atoms with Gasteiger partial charge in [-0.3, -0.25) is 0 Å². The third kappa shape index (κ3) is 2.31. The first-order chi connectivity index (χ1) is 10.5. The summed E-state index contributed by atoms with van der Waals surface area (Å²) in [6, 6.07) is 13.8. The number of benzene rings is 2. The third-order valence-electron chi connectivity index (χ3n) is 3.24. The predicted molar refractivity (Wildman–Crippen MR) is 78.8 cm³/mol. The Morgan fingerprint density at radius 3 is 2.09 bits per heavy atom. The Balaban J connectivity index is 2.22. The first-order valence-electron chi connectivity index (χ1n) is 6.44. The zero-order valence-electron chi connectivity index (χ0n) is 11.3. The zero-order valence-corrected chi connectivity index (χ0v) is 12.1. The van der Waals surface area contributed by atoms with E-state index in [1.807, 2.05) is 0 Å². The van der Waals surface area contributed by atoms with Crippen molar-refractivity contribution in [2.24, 2.45) is 0 Å². The smallest absolute Gasteiger partial charge is 0.241 e. The first kappa shape index (κ1) is 14.5. The molecule has 2 aromatic carbocycles. The second-order valence-corrected chi connectivity index (χ2v) is 6.39. The van der Waals surface area contributed by atoms with Crippen molar-refractivity contribution in [3.05, 3.63) is 78.5 Å². The number of nitrogens with zero attached hydrogens (tertiary/aromatic N) is 1. The van der Waals surface area contributed by atoms with E-state index < -0.39 is 26.6 Å². The zero-order chi connectivity index (χ0) is 15.7. The molecule has 3 aromatic rings. The van der Waals surface area contributed by atoms with Gasteiger partial charge in [0.1, 0.15) is 16.5 Å². The monoisotopic (exact) mass is 319 g/mol. The molecule has 0 radical (unpaired) electrons. The fraction of sp³-hybridized carbons (Fsp3) is 0. The van der Waals surface area contributed by atoms with Crippen LogP contribution in [0.25, 0.3) is 11.3 Å². The Morgan fingerprint density at radius 1 is 0.773 bits per heavy atom. The fourth-order valence-corrected chi connectivity index (χ4v) is 3.64. The van der Waals surface area contributed by atoms with Gasteiger partial charge >= 0.3 is 0 Å². The quantitative estimate of drug-likeness (QED) is 0.739. The summed E-state index contributed by atoms with van der Waals surface area (Å²) in [5.74, 6) is -1.40. The van der Waals surface area contributed by atoms with Gasteiger partial charge in [0, 0.05) is 11.8 Å². The highest BCUT2D eigenvalue weighted by Crippen LogP contribution is 2.27. The van der Waals surface area contributed by atoms with Crippen molar-refractivity contribution in [1.82, 2.24) is 3.97 Å². The van der Waals surface area contributed by atoms with Crippen molar-refractivity contribution in [1.29, 1.82) is 0 Å². The average Bonchev–Trinajstić information content (AvgIpc) is 2.98. The van der Waals surface area contributed by atoms with Crippen LogP contribution in [0.3, 0.4) is 0 Å². The summed E-state index contributed by atoms with van der Waals surface area (Å²) in [4.78, 5) is -0.455. The van der Waals surface area contributed by atoms with Crippen molar-refractivity contribution in [3.63, 3.8) is 0 Å². The van der Waals surface area contributed by atoms with Crippen LogP contribution in [-0.4, -0.2) is 12.4 Å². The van der Waals surface area contributed by atoms with E-state index in [2.05, 4.69) is 0 Å². The van der Waals surface area contributed by atoms with E-state index in [9.17, 15) is 17.2 Å². The molecule has 0 bridgehead atoms. The highest BCUT2D eigenvalue weighted by atomic mass is 32.2. The predicted octanol–water partition coefficient (Wildman–Crippen LogP) is 3.67. The molecule has 22 heavy (non-hydrogen) atoms. The van der Waals surface area contributed by atoms with Crippen molar-refractivity contribution in [2.75, 3.05) is 0 Å². The number of hydrogen-bond acceptors (Lipinski definition) is 2. The normalized spacial score (nSPS) is 11.5. The molecule has 0 amide bonds. The molecule has 3 nitrogen and oxygen atoms in total. The van der Waals surface area contributed by atoms with Crippen LogP contribution in [0, 0.1) is 11.6 Å². The van der Waals surface area contributed by atoms with E-state index in [0.717, 1.165) is 10.0 Å². The van der Waals surface area contributed by atoms with E-state index in [-0.39, 0.29) is 11.3 Å². The molecule has 0 N–H and O–H groups in total. The lowest BCUT2D eigenvalue weighted by Gasteiger charge is -2.11. The topological polar surface area (TPSA) is 39.1 Å². The van der Waals surface area contributed by atoms with Crippen LogP contribution in [0.5, 0.6) is 0 Å². The molecule has 0 unspecified atom stereocenters. The molecule has 0 atom stereocenters. The summed E-state index contributed by atoms with van der Waals surface area (Å²) in [5.41, 5.74) is 0.272. The van der Waals surface area contributed by atoms with Crippen LogP contribution in [-0.2, 0) is 10.0 Å². The van der Waals surface area contributed by atoms with Crippen LogP contribution >= 0.6 is 0 Å². The van der Waals surface area contributed by atoms with Gasteiger partial charge in [0.25, 0.3) is 10.0 Å². The van der Waals surface area contributed by atoms with Gasteiger partial charge in [-0.2, -0.15) is 0 Å². The minimum atomic E-state index is -4.15. The van der Waals surface area contributed by atoms with Crippen molar-refractivity contribution in [3.8, 4) is 11.3 Å². The van der Waals surface area contributed by atoms with Crippen LogP contribution in [0.1, 0.15) is 0 Å². The number of rotatable bonds is 3. The van der Waals surface area contributed by atoms with Gasteiger partial charge in [-0.05, 0) is 36.4 Å². The number of halogens is 2. The Morgan fingerprint density at radius 2 is 1.41 bits per heavy atom. The lowest BCUT2D eigenvalue weighted by Crippen LogP contribution is -2.15. The SMILES string of the molecule is O=S(=O)(c1ccccc1F)n1cccc1-c1ccccc1F. The van der Waals surface area contributed by atoms with E-state index >= 15 is 0 Å². The van der Waals surface area contributed by atoms with Gasteiger partial charge in [0.05, 0.1) is 5.69 Å². The lowest BCUT2D eigenvalue weighted by molar-refractivity contribution is 0.561. The maximum Gasteiger partial charge on any atom is 0.271 e. The second kappa shape index (κ2) is 5.38. The molecule has 112 valence electrons. The van der Waals surface area contributed by atoms with Crippen LogP contribution < -0.4 is 0 Å². The molecule has 0 spiro atoms. The Bertz CT molecular complexity index is 933. The largest absolute Gasteiger partial charge is 0.271 e. The Labute approximate surface area is 126 Å². The molecular formula is C16H11F2NO2S.